The lowest BCUT2D eigenvalue weighted by Gasteiger charge is -2.12. The van der Waals surface area contributed by atoms with Gasteiger partial charge in [-0.2, -0.15) is 0 Å². The Morgan fingerprint density at radius 3 is 2.45 bits per heavy atom. The minimum atomic E-state index is -0.202. The smallest absolute Gasteiger partial charge is 0.268 e. The van der Waals surface area contributed by atoms with Gasteiger partial charge in [0.05, 0.1) is 27.0 Å². The number of rotatable bonds is 6. The van der Waals surface area contributed by atoms with Crippen LogP contribution in [0, 0.1) is 13.8 Å². The SMILES string of the molecule is Cc1ccc2sc(NC(=O)CSc3nc4sc(C)c(-c5ccccc5)c4c(=O)n3-c3ccccc3)nc2c1. The van der Waals surface area contributed by atoms with Gasteiger partial charge in [-0.1, -0.05) is 77.7 Å². The summed E-state index contributed by atoms with van der Waals surface area (Å²) in [6.45, 7) is 4.03. The molecular weight excluding hydrogens is 533 g/mol. The second-order valence-electron chi connectivity index (χ2n) is 8.78. The quantitative estimate of drug-likeness (QED) is 0.176. The summed E-state index contributed by atoms with van der Waals surface area (Å²) >= 11 is 4.18. The van der Waals surface area contributed by atoms with Crippen LogP contribution in [-0.4, -0.2) is 26.2 Å². The van der Waals surface area contributed by atoms with Crippen molar-refractivity contribution in [1.29, 1.82) is 0 Å². The first kappa shape index (κ1) is 24.5. The highest BCUT2D eigenvalue weighted by atomic mass is 32.2. The molecule has 3 aromatic heterocycles. The molecule has 0 radical (unpaired) electrons. The van der Waals surface area contributed by atoms with Gasteiger partial charge < -0.3 is 5.32 Å². The zero-order valence-corrected chi connectivity index (χ0v) is 23.0. The Balaban J connectivity index is 1.36. The van der Waals surface area contributed by atoms with Crippen LogP contribution in [0.15, 0.2) is 88.8 Å². The summed E-state index contributed by atoms with van der Waals surface area (Å²) < 4.78 is 2.63. The molecule has 0 bridgehead atoms. The van der Waals surface area contributed by atoms with Crippen molar-refractivity contribution in [1.82, 2.24) is 14.5 Å². The summed E-state index contributed by atoms with van der Waals surface area (Å²) in [7, 11) is 0. The van der Waals surface area contributed by atoms with Crippen LogP contribution in [0.25, 0.3) is 37.2 Å². The third kappa shape index (κ3) is 4.64. The molecule has 3 aromatic carbocycles. The van der Waals surface area contributed by atoms with Gasteiger partial charge in [0.1, 0.15) is 4.83 Å². The third-order valence-corrected chi connectivity index (χ3v) is 8.96. The molecule has 1 N–H and O–H groups in total. The topological polar surface area (TPSA) is 76.9 Å². The summed E-state index contributed by atoms with van der Waals surface area (Å²) in [6.07, 6.45) is 0. The zero-order chi connectivity index (χ0) is 26.2. The van der Waals surface area contributed by atoms with Crippen molar-refractivity contribution in [2.75, 3.05) is 11.1 Å². The van der Waals surface area contributed by atoms with Crippen molar-refractivity contribution < 1.29 is 4.79 Å². The Kier molecular flexibility index (Phi) is 6.57. The lowest BCUT2D eigenvalue weighted by atomic mass is 10.0. The van der Waals surface area contributed by atoms with E-state index in [-0.39, 0.29) is 17.2 Å². The number of amides is 1. The van der Waals surface area contributed by atoms with E-state index in [0.717, 1.165) is 31.8 Å². The number of aryl methyl sites for hydroxylation is 2. The molecule has 0 saturated heterocycles. The maximum atomic E-state index is 14.0. The van der Waals surface area contributed by atoms with Gasteiger partial charge in [-0.3, -0.25) is 14.2 Å². The second-order valence-corrected chi connectivity index (χ2v) is 12.0. The number of thiazole rings is 1. The van der Waals surface area contributed by atoms with Gasteiger partial charge in [-0.15, -0.1) is 11.3 Å². The van der Waals surface area contributed by atoms with E-state index in [1.165, 1.54) is 34.4 Å². The molecule has 0 aliphatic heterocycles. The minimum absolute atomic E-state index is 0.0929. The van der Waals surface area contributed by atoms with E-state index in [9.17, 15) is 9.59 Å². The summed E-state index contributed by atoms with van der Waals surface area (Å²) in [6, 6.07) is 25.4. The molecule has 0 spiro atoms. The molecule has 1 amide bonds. The van der Waals surface area contributed by atoms with E-state index >= 15 is 0 Å². The number of benzene rings is 3. The molecule has 38 heavy (non-hydrogen) atoms. The number of anilines is 1. The first-order valence-corrected chi connectivity index (χ1v) is 14.6. The number of thioether (sulfide) groups is 1. The summed E-state index contributed by atoms with van der Waals surface area (Å²) in [5, 5.41) is 4.53. The minimum Gasteiger partial charge on any atom is -0.301 e. The first-order chi connectivity index (χ1) is 18.5. The van der Waals surface area contributed by atoms with Crippen LogP contribution in [0.2, 0.25) is 0 Å². The van der Waals surface area contributed by atoms with Gasteiger partial charge >= 0.3 is 0 Å². The number of carbonyl (C=O) groups is 1. The highest BCUT2D eigenvalue weighted by Crippen LogP contribution is 2.37. The van der Waals surface area contributed by atoms with E-state index in [0.29, 0.717) is 26.2 Å². The first-order valence-electron chi connectivity index (χ1n) is 11.9. The number of carbonyl (C=O) groups excluding carboxylic acids is 1. The molecule has 6 aromatic rings. The molecule has 9 heteroatoms. The van der Waals surface area contributed by atoms with E-state index in [2.05, 4.69) is 10.3 Å². The zero-order valence-electron chi connectivity index (χ0n) is 20.6. The van der Waals surface area contributed by atoms with Crippen LogP contribution < -0.4 is 10.9 Å². The van der Waals surface area contributed by atoms with Crippen LogP contribution in [0.1, 0.15) is 10.4 Å². The Labute approximate surface area is 231 Å². The average molecular weight is 555 g/mol. The molecule has 6 nitrogen and oxygen atoms in total. The van der Waals surface area contributed by atoms with Crippen LogP contribution in [-0.2, 0) is 4.79 Å². The van der Waals surface area contributed by atoms with Gasteiger partial charge in [0.15, 0.2) is 10.3 Å². The predicted molar refractivity (Wildman–Crippen MR) is 159 cm³/mol. The lowest BCUT2D eigenvalue weighted by Crippen LogP contribution is -2.22. The molecule has 0 unspecified atom stereocenters. The highest BCUT2D eigenvalue weighted by molar-refractivity contribution is 7.99. The largest absolute Gasteiger partial charge is 0.301 e. The number of nitrogens with one attached hydrogen (secondary N) is 1. The maximum Gasteiger partial charge on any atom is 0.268 e. The number of hydrogen-bond acceptors (Lipinski definition) is 7. The number of hydrogen-bond donors (Lipinski definition) is 1. The maximum absolute atomic E-state index is 14.0. The Morgan fingerprint density at radius 1 is 0.947 bits per heavy atom. The summed E-state index contributed by atoms with van der Waals surface area (Å²) in [4.78, 5) is 38.0. The number of para-hydroxylation sites is 1. The summed E-state index contributed by atoms with van der Waals surface area (Å²) in [5.74, 6) is -0.109. The van der Waals surface area contributed by atoms with Crippen LogP contribution in [0.5, 0.6) is 0 Å². The number of aromatic nitrogens is 3. The van der Waals surface area contributed by atoms with Gasteiger partial charge in [0.25, 0.3) is 5.56 Å². The van der Waals surface area contributed by atoms with E-state index < -0.39 is 0 Å². The standard InChI is InChI=1S/C29H22N4O2S3/c1-17-13-14-22-21(15-17)30-28(38-22)31-23(34)16-36-29-32-26-25(27(35)33(29)20-11-7-4-8-12-20)24(18(2)37-26)19-9-5-3-6-10-19/h3-15H,16H2,1-2H3,(H,30,31,34). The van der Waals surface area contributed by atoms with Crippen molar-refractivity contribution in [3.05, 3.63) is 99.7 Å². The van der Waals surface area contributed by atoms with Crippen molar-refractivity contribution in [2.24, 2.45) is 0 Å². The van der Waals surface area contributed by atoms with Crippen molar-refractivity contribution in [3.8, 4) is 16.8 Å². The lowest BCUT2D eigenvalue weighted by molar-refractivity contribution is -0.113. The second kappa shape index (κ2) is 10.2. The van der Waals surface area contributed by atoms with E-state index in [1.807, 2.05) is 92.7 Å². The molecule has 0 saturated carbocycles. The molecule has 0 aliphatic carbocycles. The normalized spacial score (nSPS) is 11.3. The van der Waals surface area contributed by atoms with Crippen molar-refractivity contribution in [2.45, 2.75) is 19.0 Å². The van der Waals surface area contributed by atoms with E-state index in [4.69, 9.17) is 4.98 Å². The van der Waals surface area contributed by atoms with E-state index in [1.54, 1.807) is 4.57 Å². The molecule has 3 heterocycles. The fraction of sp³-hybridized carbons (Fsp3) is 0.103. The predicted octanol–water partition coefficient (Wildman–Crippen LogP) is 7.07. The van der Waals surface area contributed by atoms with Gasteiger partial charge in [0, 0.05) is 10.4 Å². The van der Waals surface area contributed by atoms with Crippen molar-refractivity contribution in [3.63, 3.8) is 0 Å². The Morgan fingerprint density at radius 2 is 1.68 bits per heavy atom. The molecular formula is C29H22N4O2S3. The third-order valence-electron chi connectivity index (χ3n) is 6.07. The van der Waals surface area contributed by atoms with Gasteiger partial charge in [-0.05, 0) is 49.2 Å². The molecule has 6 rings (SSSR count). The van der Waals surface area contributed by atoms with Crippen LogP contribution in [0.4, 0.5) is 5.13 Å². The van der Waals surface area contributed by atoms with Crippen LogP contribution in [0.3, 0.4) is 0 Å². The van der Waals surface area contributed by atoms with Gasteiger partial charge in [0.2, 0.25) is 5.91 Å². The van der Waals surface area contributed by atoms with Crippen molar-refractivity contribution >= 4 is 65.9 Å². The number of fused-ring (bicyclic) bond motifs is 2. The average Bonchev–Trinajstić information content (AvgIpc) is 3.47. The molecule has 0 fully saturated rings. The number of nitrogens with zero attached hydrogens (tertiary/aromatic N) is 3. The highest BCUT2D eigenvalue weighted by Gasteiger charge is 2.21. The molecule has 0 atom stereocenters. The van der Waals surface area contributed by atoms with Gasteiger partial charge in [-0.25, -0.2) is 9.97 Å². The summed E-state index contributed by atoms with van der Waals surface area (Å²) in [5.41, 5.74) is 4.45. The molecule has 188 valence electrons. The van der Waals surface area contributed by atoms with Crippen LogP contribution >= 0.6 is 34.4 Å². The Hall–Kier alpha value is -3.79. The molecule has 0 aliphatic rings. The monoisotopic (exact) mass is 554 g/mol. The fourth-order valence-electron chi connectivity index (χ4n) is 4.37. The Bertz CT molecular complexity index is 1860. The number of thiophene rings is 1. The fourth-order valence-corrected chi connectivity index (χ4v) is 7.13.